The third-order valence-electron chi connectivity index (χ3n) is 4.37. The van der Waals surface area contributed by atoms with Crippen LogP contribution in [0, 0.1) is 3.57 Å². The van der Waals surface area contributed by atoms with E-state index in [2.05, 4.69) is 29.5 Å². The van der Waals surface area contributed by atoms with Crippen molar-refractivity contribution in [2.24, 2.45) is 0 Å². The second kappa shape index (κ2) is 15.9. The highest BCUT2D eigenvalue weighted by molar-refractivity contribution is 14.1. The molecular formula is C22H33IO4. The first kappa shape index (κ1) is 23.9. The fourth-order valence-corrected chi connectivity index (χ4v) is 3.26. The minimum absolute atomic E-state index is 0.219. The van der Waals surface area contributed by atoms with Crippen molar-refractivity contribution in [2.75, 3.05) is 6.61 Å². The van der Waals surface area contributed by atoms with Gasteiger partial charge in [-0.3, -0.25) is 9.59 Å². The lowest BCUT2D eigenvalue weighted by molar-refractivity contribution is -0.146. The Morgan fingerprint density at radius 2 is 1.41 bits per heavy atom. The highest BCUT2D eigenvalue weighted by Crippen LogP contribution is 2.13. The fraction of sp³-hybridized carbons (Fsp3) is 0.636. The van der Waals surface area contributed by atoms with Crippen LogP contribution in [0.2, 0.25) is 0 Å². The molecule has 0 N–H and O–H groups in total. The molecule has 0 aliphatic heterocycles. The summed E-state index contributed by atoms with van der Waals surface area (Å²) >= 11 is 2.22. The van der Waals surface area contributed by atoms with Crippen molar-refractivity contribution >= 4 is 34.5 Å². The van der Waals surface area contributed by atoms with Crippen LogP contribution < -0.4 is 0 Å². The minimum Gasteiger partial charge on any atom is -0.466 e. The van der Waals surface area contributed by atoms with Crippen molar-refractivity contribution in [3.05, 3.63) is 33.4 Å². The number of carbonyl (C=O) groups is 2. The summed E-state index contributed by atoms with van der Waals surface area (Å²) in [5, 5.41) is 0. The molecule has 1 rings (SSSR count). The van der Waals surface area contributed by atoms with Gasteiger partial charge in [0.25, 0.3) is 0 Å². The molecule has 0 amide bonds. The third kappa shape index (κ3) is 12.8. The Balaban J connectivity index is 1.96. The van der Waals surface area contributed by atoms with Crippen molar-refractivity contribution in [3.8, 4) is 0 Å². The summed E-state index contributed by atoms with van der Waals surface area (Å²) in [7, 11) is 0. The molecule has 0 aromatic heterocycles. The summed E-state index contributed by atoms with van der Waals surface area (Å²) in [6, 6.07) is 7.80. The highest BCUT2D eigenvalue weighted by Gasteiger charge is 2.08. The smallest absolute Gasteiger partial charge is 0.306 e. The first-order valence-electron chi connectivity index (χ1n) is 10.2. The van der Waals surface area contributed by atoms with Gasteiger partial charge in [0.15, 0.2) is 0 Å². The van der Waals surface area contributed by atoms with E-state index in [4.69, 9.17) is 9.47 Å². The Kier molecular flexibility index (Phi) is 14.1. The summed E-state index contributed by atoms with van der Waals surface area (Å²) < 4.78 is 11.6. The third-order valence-corrected chi connectivity index (χ3v) is 5.42. The Morgan fingerprint density at radius 3 is 2.07 bits per heavy atom. The first-order chi connectivity index (χ1) is 13.1. The van der Waals surface area contributed by atoms with E-state index in [1.54, 1.807) is 0 Å². The Labute approximate surface area is 177 Å². The minimum atomic E-state index is -0.273. The second-order valence-corrected chi connectivity index (χ2v) is 7.96. The zero-order valence-corrected chi connectivity index (χ0v) is 18.7. The molecule has 0 radical (unpaired) electrons. The van der Waals surface area contributed by atoms with Gasteiger partial charge in [-0.25, -0.2) is 0 Å². The normalized spacial score (nSPS) is 10.6. The van der Waals surface area contributed by atoms with Crippen molar-refractivity contribution in [3.63, 3.8) is 0 Å². The molecule has 1 aromatic rings. The summed E-state index contributed by atoms with van der Waals surface area (Å²) in [4.78, 5) is 23.4. The van der Waals surface area contributed by atoms with E-state index in [1.807, 2.05) is 24.3 Å². The molecular weight excluding hydrogens is 455 g/mol. The maximum Gasteiger partial charge on any atom is 0.306 e. The maximum absolute atomic E-state index is 11.8. The number of halogens is 1. The number of ether oxygens (including phenoxy) is 2. The predicted molar refractivity (Wildman–Crippen MR) is 116 cm³/mol. The van der Waals surface area contributed by atoms with Gasteiger partial charge in [-0.1, -0.05) is 70.1 Å². The lowest BCUT2D eigenvalue weighted by atomic mass is 10.1. The van der Waals surface area contributed by atoms with Crippen LogP contribution in [-0.2, 0) is 25.7 Å². The van der Waals surface area contributed by atoms with Crippen LogP contribution in [0.4, 0.5) is 0 Å². The van der Waals surface area contributed by atoms with E-state index in [0.29, 0.717) is 13.0 Å². The molecule has 1 aromatic carbocycles. The zero-order valence-electron chi connectivity index (χ0n) is 16.5. The molecule has 152 valence electrons. The topological polar surface area (TPSA) is 52.6 Å². The van der Waals surface area contributed by atoms with E-state index in [-0.39, 0.29) is 31.4 Å². The van der Waals surface area contributed by atoms with E-state index in [0.717, 1.165) is 22.0 Å². The Hall–Kier alpha value is -1.11. The molecule has 0 fully saturated rings. The average molecular weight is 488 g/mol. The molecule has 0 bridgehead atoms. The molecule has 0 aliphatic rings. The number of rotatable bonds is 15. The standard InChI is InChI=1S/C22H33IO4/c1-2-3-4-5-6-7-8-11-17-26-21(24)15-12-16-22(25)27-18-19-13-9-10-14-20(19)23/h9-10,13-14H,2-8,11-12,15-18H2,1H3. The lowest BCUT2D eigenvalue weighted by Crippen LogP contribution is -2.09. The number of carbonyl (C=O) groups excluding carboxylic acids is 2. The molecule has 27 heavy (non-hydrogen) atoms. The van der Waals surface area contributed by atoms with Gasteiger partial charge in [-0.05, 0) is 41.5 Å². The first-order valence-corrected chi connectivity index (χ1v) is 11.3. The van der Waals surface area contributed by atoms with Gasteiger partial charge in [0.1, 0.15) is 6.61 Å². The van der Waals surface area contributed by atoms with Crippen LogP contribution in [0.3, 0.4) is 0 Å². The SMILES string of the molecule is CCCCCCCCCCOC(=O)CCCC(=O)OCc1ccccc1I. The largest absolute Gasteiger partial charge is 0.466 e. The highest BCUT2D eigenvalue weighted by atomic mass is 127. The van der Waals surface area contributed by atoms with Crippen LogP contribution in [-0.4, -0.2) is 18.5 Å². The van der Waals surface area contributed by atoms with E-state index < -0.39 is 0 Å². The Bertz CT molecular complexity index is 545. The Morgan fingerprint density at radius 1 is 0.815 bits per heavy atom. The van der Waals surface area contributed by atoms with Gasteiger partial charge in [0.05, 0.1) is 6.61 Å². The molecule has 0 aliphatic carbocycles. The van der Waals surface area contributed by atoms with Crippen molar-refractivity contribution in [1.82, 2.24) is 0 Å². The summed E-state index contributed by atoms with van der Waals surface area (Å²) in [5.41, 5.74) is 0.997. The number of hydrogen-bond acceptors (Lipinski definition) is 4. The molecule has 4 nitrogen and oxygen atoms in total. The molecule has 0 saturated carbocycles. The van der Waals surface area contributed by atoms with Crippen LogP contribution in [0.25, 0.3) is 0 Å². The molecule has 0 saturated heterocycles. The van der Waals surface area contributed by atoms with Crippen LogP contribution in [0.5, 0.6) is 0 Å². The number of benzene rings is 1. The molecule has 0 unspecified atom stereocenters. The van der Waals surface area contributed by atoms with Gasteiger partial charge >= 0.3 is 11.9 Å². The van der Waals surface area contributed by atoms with E-state index >= 15 is 0 Å². The van der Waals surface area contributed by atoms with Gasteiger partial charge in [-0.2, -0.15) is 0 Å². The van der Waals surface area contributed by atoms with Crippen molar-refractivity contribution in [1.29, 1.82) is 0 Å². The van der Waals surface area contributed by atoms with Gasteiger partial charge in [-0.15, -0.1) is 0 Å². The predicted octanol–water partition coefficient (Wildman–Crippen LogP) is 6.19. The fourth-order valence-electron chi connectivity index (χ4n) is 2.72. The van der Waals surface area contributed by atoms with Crippen LogP contribution in [0.1, 0.15) is 83.1 Å². The van der Waals surface area contributed by atoms with Crippen molar-refractivity contribution < 1.29 is 19.1 Å². The van der Waals surface area contributed by atoms with Gasteiger partial charge < -0.3 is 9.47 Å². The van der Waals surface area contributed by atoms with E-state index in [1.165, 1.54) is 38.5 Å². The molecule has 0 atom stereocenters. The van der Waals surface area contributed by atoms with Crippen molar-refractivity contribution in [2.45, 2.75) is 84.2 Å². The second-order valence-electron chi connectivity index (χ2n) is 6.80. The quantitative estimate of drug-likeness (QED) is 0.168. The lowest BCUT2D eigenvalue weighted by Gasteiger charge is -2.07. The monoisotopic (exact) mass is 488 g/mol. The van der Waals surface area contributed by atoms with Crippen LogP contribution >= 0.6 is 22.6 Å². The molecule has 0 heterocycles. The summed E-state index contributed by atoms with van der Waals surface area (Å²) in [6.07, 6.45) is 10.8. The summed E-state index contributed by atoms with van der Waals surface area (Å²) in [6.45, 7) is 2.99. The molecule has 5 heteroatoms. The molecule has 0 spiro atoms. The summed E-state index contributed by atoms with van der Waals surface area (Å²) in [5.74, 6) is -0.492. The van der Waals surface area contributed by atoms with Gasteiger partial charge in [0, 0.05) is 22.0 Å². The number of unbranched alkanes of at least 4 members (excludes halogenated alkanes) is 7. The van der Waals surface area contributed by atoms with E-state index in [9.17, 15) is 9.59 Å². The number of esters is 2. The van der Waals surface area contributed by atoms with Crippen LogP contribution in [0.15, 0.2) is 24.3 Å². The van der Waals surface area contributed by atoms with Gasteiger partial charge in [0.2, 0.25) is 0 Å². The number of hydrogen-bond donors (Lipinski definition) is 0. The maximum atomic E-state index is 11.8. The average Bonchev–Trinajstić information content (AvgIpc) is 2.66. The zero-order chi connectivity index (χ0) is 19.7.